The molecule has 3 atom stereocenters. The van der Waals surface area contributed by atoms with Crippen LogP contribution in [0.2, 0.25) is 0 Å². The zero-order valence-corrected chi connectivity index (χ0v) is 40.9. The first-order chi connectivity index (χ1) is 32.4. The van der Waals surface area contributed by atoms with Gasteiger partial charge < -0.3 is 35.4 Å². The number of hydrogen-bond acceptors (Lipinski definition) is 10. The van der Waals surface area contributed by atoms with Crippen molar-refractivity contribution in [1.82, 2.24) is 30.4 Å². The molecule has 0 saturated carbocycles. The van der Waals surface area contributed by atoms with Gasteiger partial charge >= 0.3 is 0 Å². The van der Waals surface area contributed by atoms with Gasteiger partial charge in [0.1, 0.15) is 12.1 Å². The Morgan fingerprint density at radius 2 is 1.74 bits per heavy atom. The van der Waals surface area contributed by atoms with Gasteiger partial charge in [-0.1, -0.05) is 71.9 Å². The number of piperazine rings is 1. The predicted molar refractivity (Wildman–Crippen MR) is 263 cm³/mol. The maximum atomic E-state index is 14.1. The Bertz CT molecular complexity index is 2810. The minimum absolute atomic E-state index is 0.0102. The molecule has 2 fully saturated rings. The molecule has 4 amide bonds. The molecule has 3 aromatic carbocycles. The first-order valence-corrected chi connectivity index (χ1v) is 24.6. The number of hydrogen-bond donors (Lipinski definition) is 4. The van der Waals surface area contributed by atoms with Gasteiger partial charge in [-0.05, 0) is 78.1 Å². The molecule has 0 spiro atoms. The number of rotatable bonds is 13. The molecule has 68 heavy (non-hydrogen) atoms. The molecule has 2 aliphatic heterocycles. The van der Waals surface area contributed by atoms with Gasteiger partial charge in [0, 0.05) is 91.8 Å². The Balaban J connectivity index is 0.819. The molecule has 2 aromatic heterocycles. The number of aromatic nitrogens is 2. The zero-order valence-electron chi connectivity index (χ0n) is 40.1. The van der Waals surface area contributed by atoms with Crippen LogP contribution in [0.15, 0.2) is 60.1 Å². The number of aromatic amines is 1. The van der Waals surface area contributed by atoms with Crippen LogP contribution in [0.5, 0.6) is 0 Å². The molecule has 0 radical (unpaired) electrons. The quantitative estimate of drug-likeness (QED) is 0.0908. The molecule has 15 heteroatoms. The number of fused-ring (bicyclic) bond motifs is 4. The number of anilines is 1. The molecular formula is C53H62N8O6S. The fourth-order valence-electron chi connectivity index (χ4n) is 10.1. The fraction of sp³-hybridized carbons (Fsp3) is 0.453. The van der Waals surface area contributed by atoms with Gasteiger partial charge in [0.25, 0.3) is 0 Å². The van der Waals surface area contributed by atoms with Crippen molar-refractivity contribution in [3.63, 3.8) is 0 Å². The van der Waals surface area contributed by atoms with Crippen LogP contribution in [0.25, 0.3) is 21.3 Å². The number of aliphatic hydroxyl groups is 1. The number of thiazole rings is 1. The summed E-state index contributed by atoms with van der Waals surface area (Å²) in [5.74, 6) is -1.08. The monoisotopic (exact) mass is 938 g/mol. The number of benzene rings is 3. The Hall–Kier alpha value is -6.37. The standard InChI is InChI=1S/C53H62N8O6S/c1-8-34-24-38-39(53(6,7)48-45(46(38)65)37-18-15-33(27-54)23-40(37)57-48)26-41(34)59-19-21-60(22-20-59)44(64)12-10-9-11-43(63)58-49(52(3,4)5)51(67)61-29-36(62)25-42(61)50(66)55-28-32-13-16-35(17-14-32)47-31(2)56-30-68-47/h13-18,23-24,26,30,36,42,49,57,62H,8-12,19-22,25,28-29H2,1-7H3,(H,55,66)(H,58,63)/t36-,42+,49?/m1/s1. The summed E-state index contributed by atoms with van der Waals surface area (Å²) < 4.78 is 0. The largest absolute Gasteiger partial charge is 0.391 e. The highest BCUT2D eigenvalue weighted by molar-refractivity contribution is 7.13. The summed E-state index contributed by atoms with van der Waals surface area (Å²) in [6, 6.07) is 17.9. The van der Waals surface area contributed by atoms with E-state index in [1.807, 2.05) is 74.5 Å². The summed E-state index contributed by atoms with van der Waals surface area (Å²) in [6.07, 6.45) is 1.37. The van der Waals surface area contributed by atoms with Crippen molar-refractivity contribution in [3.8, 4) is 16.5 Å². The molecular weight excluding hydrogens is 877 g/mol. The number of carbonyl (C=O) groups is 5. The molecule has 8 rings (SSSR count). The van der Waals surface area contributed by atoms with Crippen LogP contribution in [0, 0.1) is 23.7 Å². The van der Waals surface area contributed by atoms with E-state index in [1.54, 1.807) is 23.5 Å². The maximum absolute atomic E-state index is 14.1. The van der Waals surface area contributed by atoms with Crippen molar-refractivity contribution < 1.29 is 29.1 Å². The van der Waals surface area contributed by atoms with Gasteiger partial charge in [0.05, 0.1) is 39.4 Å². The van der Waals surface area contributed by atoms with Gasteiger partial charge in [-0.25, -0.2) is 4.98 Å². The normalized spacial score (nSPS) is 18.2. The third-order valence-electron chi connectivity index (χ3n) is 14.0. The van der Waals surface area contributed by atoms with Crippen LogP contribution in [0.3, 0.4) is 0 Å². The number of H-pyrrole nitrogens is 1. The minimum Gasteiger partial charge on any atom is -0.391 e. The SMILES string of the molecule is CCc1cc2c(cc1N1CCN(C(=O)CCCCC(=O)NC(C(=O)N3C[C@H](O)C[C@H]3C(=O)NCc3ccc(-c4scnc4C)cc3)C(C)(C)C)CC1)C(C)(C)c1[nH]c3cc(C#N)ccc3c1C2=O. The van der Waals surface area contributed by atoms with Crippen molar-refractivity contribution in [3.05, 3.63) is 105 Å². The van der Waals surface area contributed by atoms with E-state index >= 15 is 0 Å². The molecule has 3 aliphatic rings. The van der Waals surface area contributed by atoms with E-state index in [1.165, 1.54) is 4.90 Å². The number of unbranched alkanes of at least 4 members (excludes halogenated alkanes) is 1. The number of carbonyl (C=O) groups excluding carboxylic acids is 5. The van der Waals surface area contributed by atoms with Crippen molar-refractivity contribution in [1.29, 1.82) is 5.26 Å². The third-order valence-corrected chi connectivity index (χ3v) is 15.0. The number of aliphatic hydroxyl groups excluding tert-OH is 1. The van der Waals surface area contributed by atoms with Gasteiger partial charge in [-0.15, -0.1) is 11.3 Å². The highest BCUT2D eigenvalue weighted by atomic mass is 32.1. The molecule has 2 saturated heterocycles. The van der Waals surface area contributed by atoms with Crippen LogP contribution in [0.4, 0.5) is 5.69 Å². The second-order valence-electron chi connectivity index (χ2n) is 20.1. The topological polar surface area (TPSA) is 192 Å². The Morgan fingerprint density at radius 1 is 1.01 bits per heavy atom. The average molecular weight is 939 g/mol. The first kappa shape index (κ1) is 48.1. The molecule has 14 nitrogen and oxygen atoms in total. The number of nitrogens with zero attached hydrogens (tertiary/aromatic N) is 5. The zero-order chi connectivity index (χ0) is 48.7. The highest BCUT2D eigenvalue weighted by Gasteiger charge is 2.45. The Kier molecular flexibility index (Phi) is 13.7. The van der Waals surface area contributed by atoms with E-state index in [-0.39, 0.29) is 49.4 Å². The summed E-state index contributed by atoms with van der Waals surface area (Å²) in [6.45, 7) is 16.5. The van der Waals surface area contributed by atoms with Gasteiger partial charge in [-0.2, -0.15) is 5.26 Å². The number of nitriles is 1. The van der Waals surface area contributed by atoms with Crippen LogP contribution in [0.1, 0.15) is 123 Å². The van der Waals surface area contributed by atoms with Crippen molar-refractivity contribution in [2.75, 3.05) is 37.6 Å². The van der Waals surface area contributed by atoms with E-state index in [9.17, 15) is 34.3 Å². The van der Waals surface area contributed by atoms with Gasteiger partial charge in [-0.3, -0.25) is 24.0 Å². The number of ketones is 1. The minimum atomic E-state index is -0.934. The smallest absolute Gasteiger partial charge is 0.246 e. The summed E-state index contributed by atoms with van der Waals surface area (Å²) in [4.78, 5) is 83.1. The molecule has 356 valence electrons. The molecule has 1 unspecified atom stereocenters. The second-order valence-corrected chi connectivity index (χ2v) is 21.0. The second kappa shape index (κ2) is 19.3. The fourth-order valence-corrected chi connectivity index (χ4v) is 10.9. The summed E-state index contributed by atoms with van der Waals surface area (Å²) in [5.41, 5.74) is 10.2. The van der Waals surface area contributed by atoms with Crippen molar-refractivity contribution in [2.24, 2.45) is 5.41 Å². The average Bonchev–Trinajstić information content (AvgIpc) is 4.06. The molecule has 1 aliphatic carbocycles. The number of nitrogens with one attached hydrogen (secondary N) is 3. The number of aryl methyl sites for hydroxylation is 2. The summed E-state index contributed by atoms with van der Waals surface area (Å²) >= 11 is 1.57. The molecule has 5 aromatic rings. The Labute approximate surface area is 402 Å². The van der Waals surface area contributed by atoms with E-state index in [0.717, 1.165) is 61.5 Å². The van der Waals surface area contributed by atoms with Crippen LogP contribution in [-0.4, -0.2) is 105 Å². The molecule has 0 bridgehead atoms. The number of β-amino-alcohol motifs (C(OH)–C–C–N with tert-alkyl or cyclic N) is 1. The lowest BCUT2D eigenvalue weighted by molar-refractivity contribution is -0.144. The number of likely N-dealkylation sites (tertiary alicyclic amines) is 1. The van der Waals surface area contributed by atoms with Crippen LogP contribution in [-0.2, 0) is 37.6 Å². The predicted octanol–water partition coefficient (Wildman–Crippen LogP) is 6.92. The van der Waals surface area contributed by atoms with Gasteiger partial charge in [0.15, 0.2) is 5.78 Å². The molecule has 4 heterocycles. The summed E-state index contributed by atoms with van der Waals surface area (Å²) in [5, 5.41) is 26.8. The van der Waals surface area contributed by atoms with Crippen molar-refractivity contribution in [2.45, 2.75) is 117 Å². The lowest BCUT2D eigenvalue weighted by Crippen LogP contribution is -2.57. The first-order valence-electron chi connectivity index (χ1n) is 23.8. The van der Waals surface area contributed by atoms with E-state index in [4.69, 9.17) is 0 Å². The van der Waals surface area contributed by atoms with Crippen molar-refractivity contribution >= 4 is 57.3 Å². The van der Waals surface area contributed by atoms with Crippen LogP contribution < -0.4 is 15.5 Å². The lowest BCUT2D eigenvalue weighted by atomic mass is 9.70. The molecule has 4 N–H and O–H groups in total. The maximum Gasteiger partial charge on any atom is 0.246 e. The van der Waals surface area contributed by atoms with Crippen LogP contribution >= 0.6 is 11.3 Å². The van der Waals surface area contributed by atoms with E-state index < -0.39 is 34.9 Å². The van der Waals surface area contributed by atoms with E-state index in [2.05, 4.69) is 58.4 Å². The number of amides is 4. The third kappa shape index (κ3) is 9.53. The summed E-state index contributed by atoms with van der Waals surface area (Å²) in [7, 11) is 0. The highest BCUT2D eigenvalue weighted by Crippen LogP contribution is 2.46. The van der Waals surface area contributed by atoms with Gasteiger partial charge in [0.2, 0.25) is 23.6 Å². The Morgan fingerprint density at radius 3 is 2.40 bits per heavy atom. The van der Waals surface area contributed by atoms with E-state index in [0.29, 0.717) is 62.1 Å². The lowest BCUT2D eigenvalue weighted by Gasteiger charge is -2.39.